The summed E-state index contributed by atoms with van der Waals surface area (Å²) in [6.07, 6.45) is -5.23. The fraction of sp³-hybridized carbons (Fsp3) is 0.636. The van der Waals surface area contributed by atoms with Crippen LogP contribution in [0.3, 0.4) is 0 Å². The summed E-state index contributed by atoms with van der Waals surface area (Å²) in [6.45, 7) is 5.00. The van der Waals surface area contributed by atoms with Gasteiger partial charge in [-0.15, -0.1) is 0 Å². The van der Waals surface area contributed by atoms with Crippen LogP contribution in [0.1, 0.15) is 38.2 Å². The van der Waals surface area contributed by atoms with E-state index in [-0.39, 0.29) is 12.2 Å². The van der Waals surface area contributed by atoms with E-state index in [1.807, 2.05) is 0 Å². The quantitative estimate of drug-likeness (QED) is 0.794. The van der Waals surface area contributed by atoms with E-state index in [9.17, 15) is 18.0 Å². The normalized spacial score (nSPS) is 13.9. The second-order valence-electron chi connectivity index (χ2n) is 5.20. The third-order valence-corrected chi connectivity index (χ3v) is 2.15. The van der Waals surface area contributed by atoms with Crippen molar-refractivity contribution in [2.24, 2.45) is 5.73 Å². The molecule has 1 atom stereocenters. The van der Waals surface area contributed by atoms with E-state index in [0.29, 0.717) is 0 Å². The Morgan fingerprint density at radius 2 is 2.10 bits per heavy atom. The Kier molecular flexibility index (Phi) is 4.64. The van der Waals surface area contributed by atoms with Crippen LogP contribution in [0.5, 0.6) is 0 Å². The summed E-state index contributed by atoms with van der Waals surface area (Å²) in [5.74, 6) is 0. The summed E-state index contributed by atoms with van der Waals surface area (Å²) in [5, 5.41) is 7.69. The maximum absolute atomic E-state index is 12.4. The number of aromatic nitrogens is 2. The first-order chi connectivity index (χ1) is 8.99. The number of carbonyl (C=O) groups excluding carboxylic acids is 1. The van der Waals surface area contributed by atoms with Crippen LogP contribution in [0.25, 0.3) is 0 Å². The van der Waals surface area contributed by atoms with Crippen molar-refractivity contribution in [2.75, 3.05) is 6.54 Å². The molecule has 1 unspecified atom stereocenters. The van der Waals surface area contributed by atoms with Crippen LogP contribution in [-0.2, 0) is 10.9 Å². The minimum absolute atomic E-state index is 0.0750. The number of halogens is 3. The molecule has 0 saturated heterocycles. The average molecular weight is 294 g/mol. The van der Waals surface area contributed by atoms with E-state index in [1.165, 1.54) is 0 Å². The van der Waals surface area contributed by atoms with Gasteiger partial charge < -0.3 is 15.8 Å². The van der Waals surface area contributed by atoms with E-state index in [1.54, 1.807) is 20.8 Å². The van der Waals surface area contributed by atoms with Crippen molar-refractivity contribution in [3.63, 3.8) is 0 Å². The highest BCUT2D eigenvalue weighted by Gasteiger charge is 2.34. The predicted molar refractivity (Wildman–Crippen MR) is 64.8 cm³/mol. The van der Waals surface area contributed by atoms with E-state index in [2.05, 4.69) is 15.5 Å². The maximum Gasteiger partial charge on any atom is 0.435 e. The van der Waals surface area contributed by atoms with Crippen LogP contribution in [-0.4, -0.2) is 28.4 Å². The molecule has 0 aliphatic carbocycles. The highest BCUT2D eigenvalue weighted by molar-refractivity contribution is 5.67. The molecular formula is C11H17F3N4O2. The lowest BCUT2D eigenvalue weighted by atomic mass is 10.2. The molecule has 4 N–H and O–H groups in total. The summed E-state index contributed by atoms with van der Waals surface area (Å²) >= 11 is 0. The first kappa shape index (κ1) is 16.3. The lowest BCUT2D eigenvalue weighted by Gasteiger charge is -2.20. The van der Waals surface area contributed by atoms with Crippen molar-refractivity contribution in [2.45, 2.75) is 38.6 Å². The van der Waals surface area contributed by atoms with Gasteiger partial charge >= 0.3 is 12.3 Å². The largest absolute Gasteiger partial charge is 0.444 e. The Morgan fingerprint density at radius 3 is 2.55 bits per heavy atom. The van der Waals surface area contributed by atoms with E-state index in [4.69, 9.17) is 10.5 Å². The number of alkyl halides is 3. The number of nitrogens with zero attached hydrogens (tertiary/aromatic N) is 1. The molecule has 0 saturated carbocycles. The minimum atomic E-state index is -4.53. The molecule has 1 heterocycles. The average Bonchev–Trinajstić information content (AvgIpc) is 2.72. The van der Waals surface area contributed by atoms with Gasteiger partial charge in [0.2, 0.25) is 0 Å². The number of ether oxygens (including phenoxy) is 1. The molecule has 0 aliphatic heterocycles. The van der Waals surface area contributed by atoms with Crippen LogP contribution in [0.2, 0.25) is 0 Å². The molecule has 9 heteroatoms. The smallest absolute Gasteiger partial charge is 0.435 e. The first-order valence-corrected chi connectivity index (χ1v) is 5.84. The van der Waals surface area contributed by atoms with Crippen molar-refractivity contribution in [3.05, 3.63) is 17.5 Å². The third kappa shape index (κ3) is 5.08. The number of amides is 1. The summed E-state index contributed by atoms with van der Waals surface area (Å²) < 4.78 is 42.0. The SMILES string of the molecule is CC(C)(C)OC(=O)NCC(N)c1cc(C(F)(F)F)n[nH]1. The zero-order chi connectivity index (χ0) is 15.6. The number of hydrogen-bond donors (Lipinski definition) is 3. The molecule has 1 aromatic heterocycles. The van der Waals surface area contributed by atoms with Gasteiger partial charge in [-0.25, -0.2) is 4.79 Å². The van der Waals surface area contributed by atoms with E-state index < -0.39 is 29.6 Å². The first-order valence-electron chi connectivity index (χ1n) is 5.84. The van der Waals surface area contributed by atoms with Gasteiger partial charge in [-0.3, -0.25) is 5.10 Å². The molecule has 114 valence electrons. The Balaban J connectivity index is 2.53. The van der Waals surface area contributed by atoms with E-state index >= 15 is 0 Å². The molecule has 1 aromatic rings. The number of nitrogens with one attached hydrogen (secondary N) is 2. The molecule has 0 aromatic carbocycles. The molecule has 6 nitrogen and oxygen atoms in total. The van der Waals surface area contributed by atoms with Crippen LogP contribution in [0.15, 0.2) is 6.07 Å². The number of nitrogens with two attached hydrogens (primary N) is 1. The molecule has 1 amide bonds. The zero-order valence-electron chi connectivity index (χ0n) is 11.3. The summed E-state index contributed by atoms with van der Waals surface area (Å²) in [4.78, 5) is 11.4. The lowest BCUT2D eigenvalue weighted by molar-refractivity contribution is -0.141. The number of H-pyrrole nitrogens is 1. The highest BCUT2D eigenvalue weighted by atomic mass is 19.4. The standard InChI is InChI=1S/C11H17F3N4O2/c1-10(2,3)20-9(19)16-5-6(15)7-4-8(18-17-7)11(12,13)14/h4,6H,5,15H2,1-3H3,(H,16,19)(H,17,18). The summed E-state index contributed by atoms with van der Waals surface area (Å²) in [7, 11) is 0. The second-order valence-corrected chi connectivity index (χ2v) is 5.20. The highest BCUT2D eigenvalue weighted by Crippen LogP contribution is 2.28. The Hall–Kier alpha value is -1.77. The fourth-order valence-corrected chi connectivity index (χ4v) is 1.29. The molecule has 0 bridgehead atoms. The zero-order valence-corrected chi connectivity index (χ0v) is 11.3. The van der Waals surface area contributed by atoms with Crippen molar-refractivity contribution in [3.8, 4) is 0 Å². The Morgan fingerprint density at radius 1 is 1.50 bits per heavy atom. The van der Waals surface area contributed by atoms with Gasteiger partial charge in [0.25, 0.3) is 0 Å². The maximum atomic E-state index is 12.4. The van der Waals surface area contributed by atoms with Crippen LogP contribution in [0.4, 0.5) is 18.0 Å². The molecule has 0 aliphatic rings. The Labute approximate surface area is 113 Å². The fourth-order valence-electron chi connectivity index (χ4n) is 1.29. The van der Waals surface area contributed by atoms with Crippen molar-refractivity contribution in [1.29, 1.82) is 0 Å². The van der Waals surface area contributed by atoms with Gasteiger partial charge in [-0.2, -0.15) is 18.3 Å². The number of aromatic amines is 1. The summed E-state index contributed by atoms with van der Waals surface area (Å²) in [5.41, 5.74) is 4.02. The monoisotopic (exact) mass is 294 g/mol. The van der Waals surface area contributed by atoms with Gasteiger partial charge in [0.05, 0.1) is 11.7 Å². The van der Waals surface area contributed by atoms with Crippen molar-refractivity contribution in [1.82, 2.24) is 15.5 Å². The Bertz CT molecular complexity index is 465. The topological polar surface area (TPSA) is 93.0 Å². The lowest BCUT2D eigenvalue weighted by Crippen LogP contribution is -2.36. The summed E-state index contributed by atoms with van der Waals surface area (Å²) in [6, 6.07) is -0.0346. The number of carbonyl (C=O) groups is 1. The van der Waals surface area contributed by atoms with Gasteiger partial charge in [0.1, 0.15) is 5.60 Å². The molecule has 20 heavy (non-hydrogen) atoms. The molecular weight excluding hydrogens is 277 g/mol. The number of alkyl carbamates (subject to hydrolysis) is 1. The van der Waals surface area contributed by atoms with Gasteiger partial charge in [0, 0.05) is 6.54 Å². The molecule has 0 fully saturated rings. The molecule has 0 radical (unpaired) electrons. The van der Waals surface area contributed by atoms with Crippen LogP contribution < -0.4 is 11.1 Å². The molecule has 0 spiro atoms. The van der Waals surface area contributed by atoms with Gasteiger partial charge in [-0.05, 0) is 26.8 Å². The number of rotatable bonds is 3. The minimum Gasteiger partial charge on any atom is -0.444 e. The van der Waals surface area contributed by atoms with Crippen LogP contribution in [0, 0.1) is 0 Å². The van der Waals surface area contributed by atoms with E-state index in [0.717, 1.165) is 6.07 Å². The second kappa shape index (κ2) is 5.70. The van der Waals surface area contributed by atoms with Crippen LogP contribution >= 0.6 is 0 Å². The third-order valence-electron chi connectivity index (χ3n) is 2.15. The predicted octanol–water partition coefficient (Wildman–Crippen LogP) is 1.95. The van der Waals surface area contributed by atoms with Crippen molar-refractivity contribution < 1.29 is 22.7 Å². The van der Waals surface area contributed by atoms with Gasteiger partial charge in [0.15, 0.2) is 5.69 Å². The van der Waals surface area contributed by atoms with Gasteiger partial charge in [-0.1, -0.05) is 0 Å². The molecule has 1 rings (SSSR count). The van der Waals surface area contributed by atoms with Crippen molar-refractivity contribution >= 4 is 6.09 Å². The number of hydrogen-bond acceptors (Lipinski definition) is 4.